The van der Waals surface area contributed by atoms with Crippen LogP contribution >= 0.6 is 0 Å². The van der Waals surface area contributed by atoms with E-state index in [9.17, 15) is 13.2 Å². The molecule has 2 aromatic rings. The van der Waals surface area contributed by atoms with Crippen LogP contribution in [0.4, 0.5) is 0 Å². The van der Waals surface area contributed by atoms with Crippen molar-refractivity contribution in [1.29, 1.82) is 0 Å². The quantitative estimate of drug-likeness (QED) is 0.679. The Labute approximate surface area is 188 Å². The molecule has 0 atom stereocenters. The van der Waals surface area contributed by atoms with Crippen molar-refractivity contribution in [1.82, 2.24) is 23.9 Å². The predicted octanol–water partition coefficient (Wildman–Crippen LogP) is 1.42. The second-order valence-corrected chi connectivity index (χ2v) is 9.62. The molecule has 0 saturated carbocycles. The monoisotopic (exact) mass is 456 g/mol. The van der Waals surface area contributed by atoms with Crippen molar-refractivity contribution in [2.45, 2.75) is 26.9 Å². The SMILES string of the molecule is CCn1cc(C2=NS(=O)(=O)N(C)C(C(=O)N3CCN(Cc4ccccc4)CC3)=C2)c(C)n1. The van der Waals surface area contributed by atoms with Crippen LogP contribution in [0.1, 0.15) is 23.7 Å². The number of piperazine rings is 1. The molecule has 2 aliphatic rings. The van der Waals surface area contributed by atoms with Gasteiger partial charge in [0.1, 0.15) is 5.70 Å². The Balaban J connectivity index is 1.51. The number of hydrogen-bond acceptors (Lipinski definition) is 5. The van der Waals surface area contributed by atoms with Gasteiger partial charge in [-0.1, -0.05) is 30.3 Å². The maximum absolute atomic E-state index is 13.3. The van der Waals surface area contributed by atoms with Gasteiger partial charge >= 0.3 is 10.2 Å². The van der Waals surface area contributed by atoms with Gasteiger partial charge in [0.05, 0.1) is 11.4 Å². The predicted molar refractivity (Wildman–Crippen MR) is 122 cm³/mol. The van der Waals surface area contributed by atoms with Gasteiger partial charge in [-0.3, -0.25) is 14.4 Å². The number of amides is 1. The summed E-state index contributed by atoms with van der Waals surface area (Å²) in [7, 11) is -2.63. The zero-order valence-corrected chi connectivity index (χ0v) is 19.4. The molecule has 0 aliphatic carbocycles. The third-order valence-corrected chi connectivity index (χ3v) is 7.16. The highest BCUT2D eigenvalue weighted by Crippen LogP contribution is 2.23. The summed E-state index contributed by atoms with van der Waals surface area (Å²) in [6, 6.07) is 10.2. The number of aryl methyl sites for hydroxylation is 2. The van der Waals surface area contributed by atoms with Crippen molar-refractivity contribution in [3.05, 3.63) is 65.1 Å². The van der Waals surface area contributed by atoms with Crippen LogP contribution in [0.2, 0.25) is 0 Å². The van der Waals surface area contributed by atoms with E-state index >= 15 is 0 Å². The maximum Gasteiger partial charge on any atom is 0.345 e. The number of hydrogen-bond donors (Lipinski definition) is 0. The summed E-state index contributed by atoms with van der Waals surface area (Å²) < 4.78 is 32.0. The molecule has 0 unspecified atom stereocenters. The Hall–Kier alpha value is -2.98. The largest absolute Gasteiger partial charge is 0.345 e. The molecule has 9 nitrogen and oxygen atoms in total. The number of allylic oxidation sites excluding steroid dienone is 1. The van der Waals surface area contributed by atoms with Crippen LogP contribution in [0, 0.1) is 6.92 Å². The fourth-order valence-electron chi connectivity index (χ4n) is 3.92. The van der Waals surface area contributed by atoms with Crippen molar-refractivity contribution < 1.29 is 13.2 Å². The Bertz CT molecular complexity index is 1160. The second-order valence-electron chi connectivity index (χ2n) is 7.99. The minimum absolute atomic E-state index is 0.107. The van der Waals surface area contributed by atoms with Gasteiger partial charge in [-0.2, -0.15) is 13.5 Å². The van der Waals surface area contributed by atoms with Gasteiger partial charge in [-0.25, -0.2) is 4.31 Å². The first kappa shape index (κ1) is 22.2. The van der Waals surface area contributed by atoms with Gasteiger partial charge in [-0.05, 0) is 25.5 Å². The fourth-order valence-corrected chi connectivity index (χ4v) is 4.83. The minimum atomic E-state index is -4.00. The van der Waals surface area contributed by atoms with Crippen LogP contribution in [0.3, 0.4) is 0 Å². The number of carbonyl (C=O) groups excluding carboxylic acids is 1. The Morgan fingerprint density at radius 2 is 1.78 bits per heavy atom. The van der Waals surface area contributed by atoms with Crippen molar-refractivity contribution in [3.8, 4) is 0 Å². The molecule has 1 aromatic heterocycles. The summed E-state index contributed by atoms with van der Waals surface area (Å²) in [5.74, 6) is -0.302. The first-order valence-electron chi connectivity index (χ1n) is 10.7. The summed E-state index contributed by atoms with van der Waals surface area (Å²) in [5, 5.41) is 4.37. The van der Waals surface area contributed by atoms with Crippen LogP contribution in [-0.4, -0.2) is 77.1 Å². The zero-order valence-electron chi connectivity index (χ0n) is 18.6. The molecule has 0 radical (unpaired) electrons. The van der Waals surface area contributed by atoms with E-state index in [1.807, 2.05) is 25.1 Å². The van der Waals surface area contributed by atoms with E-state index in [4.69, 9.17) is 0 Å². The third kappa shape index (κ3) is 4.46. The number of carbonyl (C=O) groups is 1. The molecule has 4 rings (SSSR count). The average molecular weight is 457 g/mol. The summed E-state index contributed by atoms with van der Waals surface area (Å²) in [5.41, 5.74) is 2.86. The molecule has 2 aliphatic heterocycles. The molecule has 170 valence electrons. The molecule has 10 heteroatoms. The first-order valence-corrected chi connectivity index (χ1v) is 12.1. The van der Waals surface area contributed by atoms with Crippen LogP contribution in [0.25, 0.3) is 0 Å². The molecule has 1 aromatic carbocycles. The Kier molecular flexibility index (Phi) is 6.16. The number of rotatable bonds is 5. The Morgan fingerprint density at radius 3 is 2.41 bits per heavy atom. The van der Waals surface area contributed by atoms with Crippen molar-refractivity contribution in [2.75, 3.05) is 33.2 Å². The zero-order chi connectivity index (χ0) is 22.9. The highest BCUT2D eigenvalue weighted by molar-refractivity contribution is 7.88. The number of nitrogens with zero attached hydrogens (tertiary/aromatic N) is 6. The lowest BCUT2D eigenvalue weighted by molar-refractivity contribution is -0.129. The molecule has 32 heavy (non-hydrogen) atoms. The topological polar surface area (TPSA) is 91.1 Å². The summed E-state index contributed by atoms with van der Waals surface area (Å²) >= 11 is 0. The summed E-state index contributed by atoms with van der Waals surface area (Å²) in [4.78, 5) is 17.3. The number of benzene rings is 1. The van der Waals surface area contributed by atoms with Gasteiger partial charge in [0, 0.05) is 58.1 Å². The van der Waals surface area contributed by atoms with Crippen LogP contribution in [-0.2, 0) is 28.1 Å². The third-order valence-electron chi connectivity index (χ3n) is 5.85. The lowest BCUT2D eigenvalue weighted by Crippen LogP contribution is -2.50. The first-order chi connectivity index (χ1) is 15.3. The van der Waals surface area contributed by atoms with E-state index in [2.05, 4.69) is 26.5 Å². The molecule has 0 bridgehead atoms. The molecule has 1 saturated heterocycles. The summed E-state index contributed by atoms with van der Waals surface area (Å²) in [6.45, 7) is 7.77. The van der Waals surface area contributed by atoms with Gasteiger partial charge in [0.25, 0.3) is 5.91 Å². The molecule has 0 spiro atoms. The van der Waals surface area contributed by atoms with Gasteiger partial charge in [0.2, 0.25) is 0 Å². The van der Waals surface area contributed by atoms with Crippen molar-refractivity contribution in [2.24, 2.45) is 4.40 Å². The maximum atomic E-state index is 13.3. The van der Waals surface area contributed by atoms with Gasteiger partial charge in [0.15, 0.2) is 0 Å². The molecule has 0 N–H and O–H groups in total. The van der Waals surface area contributed by atoms with E-state index in [0.29, 0.717) is 30.9 Å². The molecule has 3 heterocycles. The van der Waals surface area contributed by atoms with Crippen molar-refractivity contribution >= 4 is 21.8 Å². The smallest absolute Gasteiger partial charge is 0.335 e. The molecular formula is C22H28N6O3S. The highest BCUT2D eigenvalue weighted by atomic mass is 32.2. The van der Waals surface area contributed by atoms with E-state index in [0.717, 1.165) is 23.9 Å². The van der Waals surface area contributed by atoms with Gasteiger partial charge < -0.3 is 4.90 Å². The number of aromatic nitrogens is 2. The number of likely N-dealkylation sites (N-methyl/N-ethyl adjacent to an activating group) is 1. The van der Waals surface area contributed by atoms with Crippen LogP contribution < -0.4 is 0 Å². The van der Waals surface area contributed by atoms with E-state index in [1.54, 1.807) is 28.8 Å². The minimum Gasteiger partial charge on any atom is -0.335 e. The van der Waals surface area contributed by atoms with E-state index in [1.165, 1.54) is 12.6 Å². The highest BCUT2D eigenvalue weighted by Gasteiger charge is 2.34. The molecule has 1 fully saturated rings. The van der Waals surface area contributed by atoms with E-state index < -0.39 is 10.2 Å². The lowest BCUT2D eigenvalue weighted by Gasteiger charge is -2.36. The van der Waals surface area contributed by atoms with E-state index in [-0.39, 0.29) is 17.3 Å². The van der Waals surface area contributed by atoms with Crippen LogP contribution in [0.5, 0.6) is 0 Å². The molecule has 1 amide bonds. The van der Waals surface area contributed by atoms with Crippen molar-refractivity contribution in [3.63, 3.8) is 0 Å². The lowest BCUT2D eigenvalue weighted by atomic mass is 10.1. The van der Waals surface area contributed by atoms with Crippen LogP contribution in [0.15, 0.2) is 52.7 Å². The second kappa shape index (κ2) is 8.87. The average Bonchev–Trinajstić information content (AvgIpc) is 3.17. The standard InChI is InChI=1S/C22H28N6O3S/c1-4-28-16-19(17(2)23-28)20-14-21(25(3)32(30,31)24-20)22(29)27-12-10-26(11-13-27)15-18-8-6-5-7-9-18/h5-9,14,16H,4,10-13,15H2,1-3H3. The Morgan fingerprint density at radius 1 is 1.09 bits per heavy atom. The molecular weight excluding hydrogens is 428 g/mol. The van der Waals surface area contributed by atoms with Gasteiger partial charge in [-0.15, -0.1) is 4.40 Å². The normalized spacial score (nSPS) is 19.0. The summed E-state index contributed by atoms with van der Waals surface area (Å²) in [6.07, 6.45) is 3.32. The fraction of sp³-hybridized carbons (Fsp3) is 0.409.